The number of hydrogen-bond acceptors (Lipinski definition) is 3. The van der Waals surface area contributed by atoms with Crippen LogP contribution in [-0.2, 0) is 14.4 Å². The van der Waals surface area contributed by atoms with Crippen molar-refractivity contribution in [3.63, 3.8) is 0 Å². The second-order valence-electron chi connectivity index (χ2n) is 9.04. The van der Waals surface area contributed by atoms with Crippen LogP contribution in [0, 0.1) is 29.1 Å². The molecule has 5 aliphatic carbocycles. The first-order chi connectivity index (χ1) is 12.0. The Labute approximate surface area is 148 Å². The molecule has 0 heterocycles. The van der Waals surface area contributed by atoms with Crippen molar-refractivity contribution in [1.82, 2.24) is 16.2 Å². The van der Waals surface area contributed by atoms with Crippen molar-refractivity contribution in [2.45, 2.75) is 64.2 Å². The Morgan fingerprint density at radius 3 is 1.92 bits per heavy atom. The number of hydrazine groups is 1. The fraction of sp³-hybridized carbons (Fsp3) is 0.842. The Morgan fingerprint density at radius 1 is 0.840 bits per heavy atom. The van der Waals surface area contributed by atoms with Gasteiger partial charge in [0.15, 0.2) is 0 Å². The van der Waals surface area contributed by atoms with Crippen LogP contribution >= 0.6 is 0 Å². The summed E-state index contributed by atoms with van der Waals surface area (Å²) in [6, 6.07) is 0. The van der Waals surface area contributed by atoms with Crippen molar-refractivity contribution in [2.24, 2.45) is 29.1 Å². The van der Waals surface area contributed by atoms with E-state index in [4.69, 9.17) is 0 Å². The van der Waals surface area contributed by atoms with E-state index in [0.717, 1.165) is 37.0 Å². The molecule has 0 atom stereocenters. The minimum absolute atomic E-state index is 0.0544. The summed E-state index contributed by atoms with van der Waals surface area (Å²) < 4.78 is 0. The molecule has 6 heteroatoms. The molecule has 5 fully saturated rings. The maximum absolute atomic E-state index is 12.3. The van der Waals surface area contributed by atoms with Crippen molar-refractivity contribution in [3.05, 3.63) is 0 Å². The third-order valence-electron chi connectivity index (χ3n) is 6.94. The topological polar surface area (TPSA) is 87.3 Å². The summed E-state index contributed by atoms with van der Waals surface area (Å²) in [5.41, 5.74) is 5.16. The van der Waals surface area contributed by atoms with E-state index in [1.54, 1.807) is 0 Å². The van der Waals surface area contributed by atoms with Crippen LogP contribution in [0.2, 0.25) is 0 Å². The first-order valence-corrected chi connectivity index (χ1v) is 9.87. The Bertz CT molecular complexity index is 535. The average Bonchev–Trinajstić information content (AvgIpc) is 2.47. The van der Waals surface area contributed by atoms with Crippen LogP contribution in [0.15, 0.2) is 0 Å². The minimum atomic E-state index is -0.369. The van der Waals surface area contributed by atoms with E-state index >= 15 is 0 Å². The Morgan fingerprint density at radius 2 is 1.40 bits per heavy atom. The monoisotopic (exact) mass is 347 g/mol. The number of hydrogen-bond donors (Lipinski definition) is 3. The van der Waals surface area contributed by atoms with Gasteiger partial charge in [0.1, 0.15) is 0 Å². The van der Waals surface area contributed by atoms with Crippen LogP contribution in [0.25, 0.3) is 0 Å². The van der Waals surface area contributed by atoms with Crippen LogP contribution in [0.4, 0.5) is 0 Å². The van der Waals surface area contributed by atoms with Gasteiger partial charge in [0.05, 0.1) is 6.54 Å². The molecule has 4 bridgehead atoms. The molecule has 3 N–H and O–H groups in total. The molecule has 25 heavy (non-hydrogen) atoms. The molecule has 0 aromatic rings. The summed E-state index contributed by atoms with van der Waals surface area (Å²) >= 11 is 0. The Kier molecular flexibility index (Phi) is 4.46. The Hall–Kier alpha value is -1.59. The van der Waals surface area contributed by atoms with E-state index in [1.807, 2.05) is 0 Å². The smallest absolute Gasteiger partial charge is 0.257 e. The van der Waals surface area contributed by atoms with E-state index in [2.05, 4.69) is 16.2 Å². The van der Waals surface area contributed by atoms with Gasteiger partial charge in [-0.05, 0) is 74.5 Å². The van der Waals surface area contributed by atoms with Crippen LogP contribution in [0.5, 0.6) is 0 Å². The summed E-state index contributed by atoms with van der Waals surface area (Å²) in [7, 11) is 0. The number of rotatable bonds is 5. The SMILES string of the molecule is O=C(CNC(=O)C1CCC1)NNC(=O)CC12CC3CC(CC(C3)C1)C2. The zero-order valence-electron chi connectivity index (χ0n) is 14.8. The van der Waals surface area contributed by atoms with Crippen molar-refractivity contribution >= 4 is 17.7 Å². The molecule has 5 aliphatic rings. The predicted molar refractivity (Wildman–Crippen MR) is 91.9 cm³/mol. The van der Waals surface area contributed by atoms with E-state index in [9.17, 15) is 14.4 Å². The van der Waals surface area contributed by atoms with E-state index in [1.165, 1.54) is 38.5 Å². The molecule has 0 aliphatic heterocycles. The van der Waals surface area contributed by atoms with E-state index < -0.39 is 0 Å². The maximum atomic E-state index is 12.3. The molecule has 0 unspecified atom stereocenters. The van der Waals surface area contributed by atoms with Crippen molar-refractivity contribution in [2.75, 3.05) is 6.54 Å². The molecule has 0 spiro atoms. The maximum Gasteiger partial charge on any atom is 0.257 e. The van der Waals surface area contributed by atoms with Gasteiger partial charge in [0, 0.05) is 12.3 Å². The van der Waals surface area contributed by atoms with E-state index in [-0.39, 0.29) is 35.6 Å². The highest BCUT2D eigenvalue weighted by atomic mass is 16.2. The lowest BCUT2D eigenvalue weighted by atomic mass is 9.49. The summed E-state index contributed by atoms with van der Waals surface area (Å²) in [5.74, 6) is 1.99. The highest BCUT2D eigenvalue weighted by Crippen LogP contribution is 2.61. The van der Waals surface area contributed by atoms with Crippen molar-refractivity contribution in [1.29, 1.82) is 0 Å². The number of amides is 3. The summed E-state index contributed by atoms with van der Waals surface area (Å²) in [6.45, 7) is -0.0764. The van der Waals surface area contributed by atoms with Gasteiger partial charge in [-0.3, -0.25) is 25.2 Å². The summed E-state index contributed by atoms with van der Waals surface area (Å²) in [4.78, 5) is 35.8. The minimum Gasteiger partial charge on any atom is -0.347 e. The van der Waals surface area contributed by atoms with Gasteiger partial charge in [-0.25, -0.2) is 0 Å². The van der Waals surface area contributed by atoms with Gasteiger partial charge >= 0.3 is 0 Å². The van der Waals surface area contributed by atoms with Crippen LogP contribution in [-0.4, -0.2) is 24.3 Å². The molecule has 0 saturated heterocycles. The summed E-state index contributed by atoms with van der Waals surface area (Å²) in [6.07, 6.45) is 11.0. The molecular formula is C19H29N3O3. The van der Waals surface area contributed by atoms with E-state index in [0.29, 0.717) is 6.42 Å². The molecular weight excluding hydrogens is 318 g/mol. The quantitative estimate of drug-likeness (QED) is 0.661. The van der Waals surface area contributed by atoms with Crippen LogP contribution in [0.1, 0.15) is 64.2 Å². The number of nitrogens with one attached hydrogen (secondary N) is 3. The van der Waals surface area contributed by atoms with Gasteiger partial charge < -0.3 is 5.32 Å². The largest absolute Gasteiger partial charge is 0.347 e. The molecule has 0 aromatic heterocycles. The standard InChI is InChI=1S/C19H29N3O3/c23-16(21-22-17(24)11-20-18(25)15-2-1-3-15)10-19-7-12-4-13(8-19)6-14(5-12)9-19/h12-15H,1-11H2,(H,20,25)(H,21,23)(H,22,24). The zero-order chi connectivity index (χ0) is 17.4. The van der Waals surface area contributed by atoms with Gasteiger partial charge in [-0.15, -0.1) is 0 Å². The first kappa shape index (κ1) is 16.9. The highest BCUT2D eigenvalue weighted by Gasteiger charge is 2.51. The van der Waals surface area contributed by atoms with Crippen molar-refractivity contribution in [3.8, 4) is 0 Å². The molecule has 0 aromatic carbocycles. The fourth-order valence-corrected chi connectivity index (χ4v) is 6.06. The van der Waals surface area contributed by atoms with Gasteiger partial charge in [0.2, 0.25) is 11.8 Å². The Balaban J connectivity index is 1.19. The molecule has 0 radical (unpaired) electrons. The second kappa shape index (κ2) is 6.61. The lowest BCUT2D eigenvalue weighted by Crippen LogP contribution is -2.51. The summed E-state index contributed by atoms with van der Waals surface area (Å²) in [5, 5.41) is 2.63. The predicted octanol–water partition coefficient (Wildman–Crippen LogP) is 1.66. The second-order valence-corrected chi connectivity index (χ2v) is 9.04. The van der Waals surface area contributed by atoms with Crippen molar-refractivity contribution < 1.29 is 14.4 Å². The fourth-order valence-electron chi connectivity index (χ4n) is 6.06. The molecule has 3 amide bonds. The molecule has 138 valence electrons. The third-order valence-corrected chi connectivity index (χ3v) is 6.94. The normalized spacial score (nSPS) is 35.8. The molecule has 5 rings (SSSR count). The average molecular weight is 347 g/mol. The van der Waals surface area contributed by atoms with Crippen LogP contribution in [0.3, 0.4) is 0 Å². The number of carbonyl (C=O) groups excluding carboxylic acids is 3. The molecule has 6 nitrogen and oxygen atoms in total. The highest BCUT2D eigenvalue weighted by molar-refractivity contribution is 5.87. The number of carbonyl (C=O) groups is 3. The lowest BCUT2D eigenvalue weighted by molar-refractivity contribution is -0.134. The zero-order valence-corrected chi connectivity index (χ0v) is 14.8. The van der Waals surface area contributed by atoms with Crippen LogP contribution < -0.4 is 16.2 Å². The first-order valence-electron chi connectivity index (χ1n) is 9.87. The third kappa shape index (κ3) is 3.67. The lowest BCUT2D eigenvalue weighted by Gasteiger charge is -2.56. The molecule has 5 saturated carbocycles. The van der Waals surface area contributed by atoms with Gasteiger partial charge in [0.25, 0.3) is 5.91 Å². The van der Waals surface area contributed by atoms with Gasteiger partial charge in [-0.2, -0.15) is 0 Å². The van der Waals surface area contributed by atoms with Gasteiger partial charge in [-0.1, -0.05) is 6.42 Å².